The molecule has 1 aromatic heterocycles. The molecule has 3 heteroatoms. The molecule has 0 spiro atoms. The van der Waals surface area contributed by atoms with Crippen LogP contribution in [0.15, 0.2) is 10.5 Å². The molecule has 1 N–H and O–H groups in total. The van der Waals surface area contributed by atoms with E-state index in [1.807, 2.05) is 11.3 Å². The second-order valence-electron chi connectivity index (χ2n) is 4.88. The maximum absolute atomic E-state index is 3.57. The quantitative estimate of drug-likeness (QED) is 0.879. The molecule has 1 aromatic rings. The van der Waals surface area contributed by atoms with Crippen molar-refractivity contribution in [2.45, 2.75) is 39.7 Å². The number of hydrogen-bond acceptors (Lipinski definition) is 2. The molecule has 0 unspecified atom stereocenters. The van der Waals surface area contributed by atoms with Crippen molar-refractivity contribution < 1.29 is 0 Å². The summed E-state index contributed by atoms with van der Waals surface area (Å²) in [7, 11) is 0. The fourth-order valence-electron chi connectivity index (χ4n) is 2.05. The van der Waals surface area contributed by atoms with Crippen LogP contribution in [0.2, 0.25) is 0 Å². The Morgan fingerprint density at radius 1 is 1.53 bits per heavy atom. The van der Waals surface area contributed by atoms with E-state index in [4.69, 9.17) is 0 Å². The molecule has 1 aliphatic rings. The molecule has 1 aliphatic carbocycles. The molecular formula is C12H18BrNS. The van der Waals surface area contributed by atoms with E-state index >= 15 is 0 Å². The van der Waals surface area contributed by atoms with Crippen LogP contribution in [-0.4, -0.2) is 6.54 Å². The predicted molar refractivity (Wildman–Crippen MR) is 70.4 cm³/mol. The zero-order valence-electron chi connectivity index (χ0n) is 9.40. The van der Waals surface area contributed by atoms with E-state index in [0.29, 0.717) is 5.41 Å². The zero-order valence-corrected chi connectivity index (χ0v) is 11.8. The average molecular weight is 288 g/mol. The Bertz CT molecular complexity index is 322. The summed E-state index contributed by atoms with van der Waals surface area (Å²) in [6.45, 7) is 6.73. The molecule has 0 bridgehead atoms. The van der Waals surface area contributed by atoms with Gasteiger partial charge in [-0.1, -0.05) is 13.3 Å². The van der Waals surface area contributed by atoms with Crippen LogP contribution in [0, 0.1) is 12.3 Å². The van der Waals surface area contributed by atoms with Crippen LogP contribution in [-0.2, 0) is 6.54 Å². The second-order valence-corrected chi connectivity index (χ2v) is 7.08. The highest BCUT2D eigenvalue weighted by molar-refractivity contribution is 9.10. The molecule has 1 fully saturated rings. The van der Waals surface area contributed by atoms with Crippen LogP contribution in [0.4, 0.5) is 0 Å². The smallest absolute Gasteiger partial charge is 0.0314 e. The number of nitrogens with one attached hydrogen (secondary N) is 1. The van der Waals surface area contributed by atoms with E-state index in [2.05, 4.69) is 41.2 Å². The van der Waals surface area contributed by atoms with Gasteiger partial charge in [-0.25, -0.2) is 0 Å². The van der Waals surface area contributed by atoms with Gasteiger partial charge in [0.15, 0.2) is 0 Å². The van der Waals surface area contributed by atoms with Crippen LogP contribution in [0.3, 0.4) is 0 Å². The molecule has 0 atom stereocenters. The average Bonchev–Trinajstić information content (AvgIpc) is 2.43. The van der Waals surface area contributed by atoms with Gasteiger partial charge in [0.2, 0.25) is 0 Å². The SMILES string of the molecule is Cc1sc(CNCC2(C)CCC2)cc1Br. The Morgan fingerprint density at radius 3 is 2.73 bits per heavy atom. The summed E-state index contributed by atoms with van der Waals surface area (Å²) in [5, 5.41) is 3.57. The summed E-state index contributed by atoms with van der Waals surface area (Å²) in [6, 6.07) is 2.23. The van der Waals surface area contributed by atoms with Crippen LogP contribution >= 0.6 is 27.3 Å². The minimum atomic E-state index is 0.587. The normalized spacial score (nSPS) is 18.9. The fraction of sp³-hybridized carbons (Fsp3) is 0.667. The van der Waals surface area contributed by atoms with Gasteiger partial charge in [-0.05, 0) is 47.2 Å². The molecular weight excluding hydrogens is 270 g/mol. The summed E-state index contributed by atoms with van der Waals surface area (Å²) in [6.07, 6.45) is 4.21. The van der Waals surface area contributed by atoms with Crippen molar-refractivity contribution in [3.8, 4) is 0 Å². The third-order valence-corrected chi connectivity index (χ3v) is 5.46. The van der Waals surface area contributed by atoms with Crippen LogP contribution < -0.4 is 5.32 Å². The van der Waals surface area contributed by atoms with Crippen molar-refractivity contribution in [2.24, 2.45) is 5.41 Å². The summed E-state index contributed by atoms with van der Waals surface area (Å²) < 4.78 is 1.25. The van der Waals surface area contributed by atoms with Gasteiger partial charge in [0.05, 0.1) is 0 Å². The molecule has 0 aliphatic heterocycles. The van der Waals surface area contributed by atoms with E-state index < -0.39 is 0 Å². The highest BCUT2D eigenvalue weighted by Crippen LogP contribution is 2.39. The fourth-order valence-corrected chi connectivity index (χ4v) is 3.62. The number of rotatable bonds is 4. The van der Waals surface area contributed by atoms with E-state index in [-0.39, 0.29) is 0 Å². The van der Waals surface area contributed by atoms with Crippen molar-refractivity contribution in [3.05, 3.63) is 20.3 Å². The Hall–Kier alpha value is 0.140. The number of hydrogen-bond donors (Lipinski definition) is 1. The lowest BCUT2D eigenvalue weighted by Gasteiger charge is -2.38. The van der Waals surface area contributed by atoms with Crippen molar-refractivity contribution >= 4 is 27.3 Å². The zero-order chi connectivity index (χ0) is 10.9. The molecule has 15 heavy (non-hydrogen) atoms. The summed E-state index contributed by atoms with van der Waals surface area (Å²) in [5.74, 6) is 0. The summed E-state index contributed by atoms with van der Waals surface area (Å²) in [5.41, 5.74) is 0.587. The topological polar surface area (TPSA) is 12.0 Å². The molecule has 0 radical (unpaired) electrons. The Kier molecular flexibility index (Phi) is 3.53. The highest BCUT2D eigenvalue weighted by atomic mass is 79.9. The number of thiophene rings is 1. The maximum Gasteiger partial charge on any atom is 0.0314 e. The van der Waals surface area contributed by atoms with E-state index in [1.165, 1.54) is 40.0 Å². The highest BCUT2D eigenvalue weighted by Gasteiger charge is 2.30. The third-order valence-electron chi connectivity index (χ3n) is 3.32. The molecule has 2 rings (SSSR count). The first-order chi connectivity index (χ1) is 7.09. The van der Waals surface area contributed by atoms with E-state index in [1.54, 1.807) is 0 Å². The van der Waals surface area contributed by atoms with Crippen LogP contribution in [0.25, 0.3) is 0 Å². The molecule has 1 saturated carbocycles. The molecule has 0 aromatic carbocycles. The summed E-state index contributed by atoms with van der Waals surface area (Å²) in [4.78, 5) is 2.81. The van der Waals surface area contributed by atoms with Gasteiger partial charge < -0.3 is 5.32 Å². The molecule has 84 valence electrons. The first-order valence-electron chi connectivity index (χ1n) is 5.55. The molecule has 1 heterocycles. The van der Waals surface area contributed by atoms with Crippen LogP contribution in [0.5, 0.6) is 0 Å². The number of aryl methyl sites for hydroxylation is 1. The minimum absolute atomic E-state index is 0.587. The number of halogens is 1. The Labute approximate surface area is 104 Å². The second kappa shape index (κ2) is 4.56. The standard InChI is InChI=1S/C12H18BrNS/c1-9-11(13)6-10(15-9)7-14-8-12(2)4-3-5-12/h6,14H,3-5,7-8H2,1-2H3. The first kappa shape index (κ1) is 11.6. The first-order valence-corrected chi connectivity index (χ1v) is 7.16. The predicted octanol–water partition coefficient (Wildman–Crippen LogP) is 4.10. The lowest BCUT2D eigenvalue weighted by atomic mass is 9.70. The van der Waals surface area contributed by atoms with Gasteiger partial charge in [-0.15, -0.1) is 11.3 Å². The Morgan fingerprint density at radius 2 is 2.27 bits per heavy atom. The third kappa shape index (κ3) is 2.83. The van der Waals surface area contributed by atoms with Gasteiger partial charge >= 0.3 is 0 Å². The van der Waals surface area contributed by atoms with Crippen molar-refractivity contribution in [1.82, 2.24) is 5.32 Å². The van der Waals surface area contributed by atoms with Gasteiger partial charge in [-0.3, -0.25) is 0 Å². The molecule has 0 amide bonds. The Balaban J connectivity index is 1.78. The van der Waals surface area contributed by atoms with Gasteiger partial charge in [0.25, 0.3) is 0 Å². The minimum Gasteiger partial charge on any atom is -0.311 e. The van der Waals surface area contributed by atoms with E-state index in [0.717, 1.165) is 6.54 Å². The molecule has 1 nitrogen and oxygen atoms in total. The van der Waals surface area contributed by atoms with E-state index in [9.17, 15) is 0 Å². The lowest BCUT2D eigenvalue weighted by Crippen LogP contribution is -2.36. The van der Waals surface area contributed by atoms with Crippen molar-refractivity contribution in [2.75, 3.05) is 6.54 Å². The largest absolute Gasteiger partial charge is 0.311 e. The van der Waals surface area contributed by atoms with Crippen molar-refractivity contribution in [1.29, 1.82) is 0 Å². The van der Waals surface area contributed by atoms with Gasteiger partial charge in [-0.2, -0.15) is 0 Å². The van der Waals surface area contributed by atoms with Gasteiger partial charge in [0.1, 0.15) is 0 Å². The van der Waals surface area contributed by atoms with Crippen LogP contribution in [0.1, 0.15) is 35.9 Å². The van der Waals surface area contributed by atoms with Crippen molar-refractivity contribution in [3.63, 3.8) is 0 Å². The monoisotopic (exact) mass is 287 g/mol. The molecule has 0 saturated heterocycles. The summed E-state index contributed by atoms with van der Waals surface area (Å²) >= 11 is 5.44. The maximum atomic E-state index is 3.57. The van der Waals surface area contributed by atoms with Gasteiger partial charge in [0, 0.05) is 27.3 Å². The lowest BCUT2D eigenvalue weighted by molar-refractivity contribution is 0.156.